The Morgan fingerprint density at radius 2 is 1.69 bits per heavy atom. The number of pyridine rings is 2. The number of rotatable bonds is 1. The van der Waals surface area contributed by atoms with Gasteiger partial charge in [0.2, 0.25) is 0 Å². The van der Waals surface area contributed by atoms with Gasteiger partial charge in [0.1, 0.15) is 32.7 Å². The highest BCUT2D eigenvalue weighted by molar-refractivity contribution is 7.25. The van der Waals surface area contributed by atoms with E-state index in [0.29, 0.717) is 0 Å². The summed E-state index contributed by atoms with van der Waals surface area (Å²) in [6, 6.07) is 6.01. The maximum atomic E-state index is 4.77. The van der Waals surface area contributed by atoms with E-state index in [0.717, 1.165) is 52.3 Å². The van der Waals surface area contributed by atoms with Crippen molar-refractivity contribution >= 4 is 63.5 Å². The molecule has 0 aromatic carbocycles. The lowest BCUT2D eigenvalue weighted by Crippen LogP contribution is -1.89. The lowest BCUT2D eigenvalue weighted by molar-refractivity contribution is 1.23. The lowest BCUT2D eigenvalue weighted by atomic mass is 10.2. The first-order valence-electron chi connectivity index (χ1n) is 7.86. The minimum atomic E-state index is 0.759. The second-order valence-corrected chi connectivity index (χ2v) is 7.83. The average molecular weight is 372 g/mol. The number of hydrogen-bond acceptors (Lipinski definition) is 8. The summed E-state index contributed by atoms with van der Waals surface area (Å²) in [5.74, 6) is 0. The van der Waals surface area contributed by atoms with E-state index in [4.69, 9.17) is 4.98 Å². The molecule has 0 radical (unpaired) electrons. The molecule has 0 spiro atoms. The largest absolute Gasteiger partial charge is 0.254 e. The molecule has 6 nitrogen and oxygen atoms in total. The van der Waals surface area contributed by atoms with Crippen LogP contribution in [0.25, 0.3) is 52.3 Å². The van der Waals surface area contributed by atoms with Crippen LogP contribution in [0.4, 0.5) is 0 Å². The first-order valence-corrected chi connectivity index (χ1v) is 9.49. The van der Waals surface area contributed by atoms with Crippen molar-refractivity contribution in [3.05, 3.63) is 49.3 Å². The molecule has 6 rings (SSSR count). The predicted molar refractivity (Wildman–Crippen MR) is 104 cm³/mol. The van der Waals surface area contributed by atoms with Crippen LogP contribution in [0.2, 0.25) is 0 Å². The smallest absolute Gasteiger partial charge is 0.145 e. The van der Waals surface area contributed by atoms with Crippen LogP contribution < -0.4 is 0 Å². The third-order valence-electron chi connectivity index (χ3n) is 4.24. The van der Waals surface area contributed by atoms with Gasteiger partial charge in [0.15, 0.2) is 0 Å². The standard InChI is InChI=1S/C18H8N6S2/c1-2-13-15(20-3-1)16-18(25-13)24-12(7-22-16)11-4-14-9(6-21-11)10-5-19-8-23-17(10)26-14/h1-8H. The molecular formula is C18H8N6S2. The fourth-order valence-corrected chi connectivity index (χ4v) is 5.05. The molecule has 6 heterocycles. The Hall–Kier alpha value is -3.10. The molecule has 0 N–H and O–H groups in total. The van der Waals surface area contributed by atoms with Gasteiger partial charge >= 0.3 is 0 Å². The van der Waals surface area contributed by atoms with E-state index in [1.54, 1.807) is 41.4 Å². The fraction of sp³-hybridized carbons (Fsp3) is 0. The van der Waals surface area contributed by atoms with Crippen LogP contribution in [-0.2, 0) is 0 Å². The van der Waals surface area contributed by atoms with Crippen LogP contribution in [-0.4, -0.2) is 29.9 Å². The Morgan fingerprint density at radius 1 is 0.731 bits per heavy atom. The van der Waals surface area contributed by atoms with Crippen molar-refractivity contribution in [2.75, 3.05) is 0 Å². The van der Waals surface area contributed by atoms with E-state index in [2.05, 4.69) is 24.9 Å². The normalized spacial score (nSPS) is 11.8. The molecule has 8 heteroatoms. The summed E-state index contributed by atoms with van der Waals surface area (Å²) >= 11 is 3.23. The zero-order chi connectivity index (χ0) is 17.1. The summed E-state index contributed by atoms with van der Waals surface area (Å²) in [6.07, 6.45) is 8.82. The summed E-state index contributed by atoms with van der Waals surface area (Å²) in [7, 11) is 0. The van der Waals surface area contributed by atoms with Crippen LogP contribution in [0, 0.1) is 0 Å². The van der Waals surface area contributed by atoms with E-state index in [9.17, 15) is 0 Å². The first-order chi connectivity index (χ1) is 12.9. The molecule has 0 bridgehead atoms. The van der Waals surface area contributed by atoms with Crippen LogP contribution >= 0.6 is 22.7 Å². The van der Waals surface area contributed by atoms with Gasteiger partial charge in [-0.1, -0.05) is 0 Å². The maximum Gasteiger partial charge on any atom is 0.145 e. The molecule has 26 heavy (non-hydrogen) atoms. The minimum absolute atomic E-state index is 0.759. The SMILES string of the molecule is c1cnc2c(c1)sc1nc(-c3cc4sc5ncncc5c4cn3)cnc12. The van der Waals surface area contributed by atoms with E-state index < -0.39 is 0 Å². The summed E-state index contributed by atoms with van der Waals surface area (Å²) in [4.78, 5) is 28.7. The van der Waals surface area contributed by atoms with Crippen molar-refractivity contribution in [1.29, 1.82) is 0 Å². The predicted octanol–water partition coefficient (Wildman–Crippen LogP) is 4.46. The summed E-state index contributed by atoms with van der Waals surface area (Å²) < 4.78 is 2.21. The van der Waals surface area contributed by atoms with Crippen molar-refractivity contribution in [1.82, 2.24) is 29.9 Å². The summed E-state index contributed by atoms with van der Waals surface area (Å²) in [5, 5.41) is 2.10. The molecule has 6 aromatic rings. The van der Waals surface area contributed by atoms with Gasteiger partial charge in [-0.15, -0.1) is 22.7 Å². The zero-order valence-corrected chi connectivity index (χ0v) is 14.8. The second kappa shape index (κ2) is 5.20. The highest BCUT2D eigenvalue weighted by Crippen LogP contribution is 2.34. The fourth-order valence-electron chi connectivity index (χ4n) is 3.04. The van der Waals surface area contributed by atoms with Gasteiger partial charge in [-0.25, -0.2) is 19.9 Å². The van der Waals surface area contributed by atoms with Crippen LogP contribution in [0.15, 0.2) is 49.3 Å². The van der Waals surface area contributed by atoms with E-state index >= 15 is 0 Å². The summed E-state index contributed by atoms with van der Waals surface area (Å²) in [6.45, 7) is 0. The monoisotopic (exact) mass is 372 g/mol. The van der Waals surface area contributed by atoms with E-state index in [-0.39, 0.29) is 0 Å². The molecular weight excluding hydrogens is 364 g/mol. The summed E-state index contributed by atoms with van der Waals surface area (Å²) in [5.41, 5.74) is 3.30. The number of aromatic nitrogens is 6. The van der Waals surface area contributed by atoms with Crippen molar-refractivity contribution in [3.63, 3.8) is 0 Å². The number of nitrogens with zero attached hydrogens (tertiary/aromatic N) is 6. The molecule has 0 aliphatic heterocycles. The van der Waals surface area contributed by atoms with Gasteiger partial charge in [0.05, 0.1) is 16.6 Å². The molecule has 6 aromatic heterocycles. The van der Waals surface area contributed by atoms with Crippen molar-refractivity contribution in [2.24, 2.45) is 0 Å². The third kappa shape index (κ3) is 1.97. The quantitative estimate of drug-likeness (QED) is 0.424. The van der Waals surface area contributed by atoms with E-state index in [1.807, 2.05) is 30.6 Å². The Morgan fingerprint density at radius 3 is 2.69 bits per heavy atom. The third-order valence-corrected chi connectivity index (χ3v) is 6.35. The topological polar surface area (TPSA) is 77.3 Å². The molecule has 0 aliphatic carbocycles. The molecule has 0 aliphatic rings. The van der Waals surface area contributed by atoms with Crippen LogP contribution in [0.1, 0.15) is 0 Å². The molecule has 0 atom stereocenters. The highest BCUT2D eigenvalue weighted by atomic mass is 32.1. The van der Waals surface area contributed by atoms with Gasteiger partial charge in [0, 0.05) is 34.1 Å². The molecule has 122 valence electrons. The number of fused-ring (bicyclic) bond motifs is 6. The minimum Gasteiger partial charge on any atom is -0.254 e. The van der Waals surface area contributed by atoms with Crippen molar-refractivity contribution in [3.8, 4) is 11.4 Å². The average Bonchev–Trinajstić information content (AvgIpc) is 3.24. The lowest BCUT2D eigenvalue weighted by Gasteiger charge is -2.00. The van der Waals surface area contributed by atoms with Gasteiger partial charge in [-0.2, -0.15) is 0 Å². The molecule has 0 saturated carbocycles. The Bertz CT molecular complexity index is 1340. The molecule has 0 unspecified atom stereocenters. The number of thiophene rings is 2. The Balaban J connectivity index is 1.57. The van der Waals surface area contributed by atoms with E-state index in [1.165, 1.54) is 0 Å². The van der Waals surface area contributed by atoms with Crippen LogP contribution in [0.5, 0.6) is 0 Å². The zero-order valence-electron chi connectivity index (χ0n) is 13.1. The van der Waals surface area contributed by atoms with Gasteiger partial charge in [0.25, 0.3) is 0 Å². The van der Waals surface area contributed by atoms with Gasteiger partial charge < -0.3 is 0 Å². The molecule has 0 saturated heterocycles. The van der Waals surface area contributed by atoms with Gasteiger partial charge in [-0.05, 0) is 18.2 Å². The Kier molecular flexibility index (Phi) is 2.82. The van der Waals surface area contributed by atoms with Crippen LogP contribution in [0.3, 0.4) is 0 Å². The number of hydrogen-bond donors (Lipinski definition) is 0. The van der Waals surface area contributed by atoms with Gasteiger partial charge in [-0.3, -0.25) is 9.97 Å². The first kappa shape index (κ1) is 14.1. The molecule has 0 fully saturated rings. The van der Waals surface area contributed by atoms with Crippen molar-refractivity contribution in [2.45, 2.75) is 0 Å². The highest BCUT2D eigenvalue weighted by Gasteiger charge is 2.13. The second-order valence-electron chi connectivity index (χ2n) is 5.77. The maximum absolute atomic E-state index is 4.77. The molecule has 0 amide bonds. The Labute approximate surface area is 154 Å². The van der Waals surface area contributed by atoms with Crippen molar-refractivity contribution < 1.29 is 0 Å².